The molecule has 2 nitrogen and oxygen atoms in total. The minimum absolute atomic E-state index is 0.518. The second-order valence-electron chi connectivity index (χ2n) is 9.94. The molecule has 1 aliphatic carbocycles. The summed E-state index contributed by atoms with van der Waals surface area (Å²) in [7, 11) is 0. The van der Waals surface area contributed by atoms with E-state index in [1.54, 1.807) is 0 Å². The topological polar surface area (TPSA) is 24.7 Å². The molecule has 0 saturated heterocycles. The normalized spacial score (nSPS) is 18.9. The summed E-state index contributed by atoms with van der Waals surface area (Å²) in [4.78, 5) is 0. The first-order valence-electron chi connectivity index (χ1n) is 13.7. The zero-order chi connectivity index (χ0) is 23.8. The van der Waals surface area contributed by atoms with Gasteiger partial charge in [-0.2, -0.15) is 10.2 Å². The van der Waals surface area contributed by atoms with Gasteiger partial charge in [-0.25, -0.2) is 0 Å². The monoisotopic (exact) mass is 456 g/mol. The lowest BCUT2D eigenvalue weighted by molar-refractivity contribution is 0.298. The van der Waals surface area contributed by atoms with Crippen LogP contribution in [-0.2, 0) is 6.42 Å². The molecular weight excluding hydrogens is 412 g/mol. The molecule has 0 N–H and O–H groups in total. The summed E-state index contributed by atoms with van der Waals surface area (Å²) < 4.78 is 0. The van der Waals surface area contributed by atoms with E-state index in [0.717, 1.165) is 24.3 Å². The average Bonchev–Trinajstić information content (AvgIpc) is 2.89. The number of rotatable bonds is 14. The Morgan fingerprint density at radius 3 is 2.35 bits per heavy atom. The fourth-order valence-electron chi connectivity index (χ4n) is 5.11. The van der Waals surface area contributed by atoms with Crippen molar-refractivity contribution in [3.05, 3.63) is 83.9 Å². The lowest BCUT2D eigenvalue weighted by Crippen LogP contribution is -2.22. The van der Waals surface area contributed by atoms with Crippen LogP contribution in [0.4, 0.5) is 0 Å². The minimum Gasteiger partial charge on any atom is -0.158 e. The summed E-state index contributed by atoms with van der Waals surface area (Å²) in [6, 6.07) is 19.4. The summed E-state index contributed by atoms with van der Waals surface area (Å²) in [5.74, 6) is 1.42. The highest BCUT2D eigenvalue weighted by atomic mass is 15.2. The van der Waals surface area contributed by atoms with Gasteiger partial charge >= 0.3 is 0 Å². The number of allylic oxidation sites excluding steroid dienone is 1. The molecule has 0 bridgehead atoms. The Morgan fingerprint density at radius 2 is 1.65 bits per heavy atom. The molecule has 182 valence electrons. The Morgan fingerprint density at radius 1 is 0.882 bits per heavy atom. The number of nitrogens with zero attached hydrogens (tertiary/aromatic N) is 2. The Kier molecular flexibility index (Phi) is 11.9. The zero-order valence-corrected chi connectivity index (χ0v) is 21.3. The minimum atomic E-state index is 0.518. The van der Waals surface area contributed by atoms with Crippen molar-refractivity contribution in [1.82, 2.24) is 0 Å². The molecule has 1 fully saturated rings. The van der Waals surface area contributed by atoms with Gasteiger partial charge in [0, 0.05) is 5.92 Å². The van der Waals surface area contributed by atoms with Crippen molar-refractivity contribution in [3.8, 4) is 0 Å². The van der Waals surface area contributed by atoms with Gasteiger partial charge in [0.15, 0.2) is 0 Å². The molecule has 1 saturated carbocycles. The highest BCUT2D eigenvalue weighted by Crippen LogP contribution is 2.34. The maximum Gasteiger partial charge on any atom is 0.0733 e. The summed E-state index contributed by atoms with van der Waals surface area (Å²) in [5.41, 5.74) is 4.89. The predicted molar refractivity (Wildman–Crippen MR) is 149 cm³/mol. The second-order valence-corrected chi connectivity index (χ2v) is 9.94. The van der Waals surface area contributed by atoms with E-state index in [4.69, 9.17) is 5.10 Å². The first-order chi connectivity index (χ1) is 16.8. The van der Waals surface area contributed by atoms with Crippen LogP contribution < -0.4 is 0 Å². The quantitative estimate of drug-likeness (QED) is 0.117. The van der Waals surface area contributed by atoms with Crippen LogP contribution in [0.2, 0.25) is 0 Å². The molecule has 3 rings (SSSR count). The summed E-state index contributed by atoms with van der Waals surface area (Å²) in [6.45, 7) is 6.09. The third-order valence-corrected chi connectivity index (χ3v) is 7.24. The highest BCUT2D eigenvalue weighted by Gasteiger charge is 2.25. The SMILES string of the molecule is C=CCCCCc1ccc(C=NN=C(c2ccccc2)C2CCC(CCCCCC)CC2)cc1. The van der Waals surface area contributed by atoms with E-state index in [-0.39, 0.29) is 0 Å². The maximum atomic E-state index is 4.79. The zero-order valence-electron chi connectivity index (χ0n) is 21.3. The molecule has 0 spiro atoms. The van der Waals surface area contributed by atoms with E-state index in [9.17, 15) is 0 Å². The molecule has 2 aromatic rings. The number of aryl methyl sites for hydroxylation is 1. The van der Waals surface area contributed by atoms with Gasteiger partial charge in [0.2, 0.25) is 0 Å². The summed E-state index contributed by atoms with van der Waals surface area (Å²) in [5, 5.41) is 9.34. The van der Waals surface area contributed by atoms with Crippen LogP contribution in [0.5, 0.6) is 0 Å². The number of benzene rings is 2. The lowest BCUT2D eigenvalue weighted by atomic mass is 9.76. The van der Waals surface area contributed by atoms with E-state index in [1.807, 2.05) is 12.3 Å². The molecule has 0 atom stereocenters. The molecule has 0 aromatic heterocycles. The third kappa shape index (κ3) is 9.05. The lowest BCUT2D eigenvalue weighted by Gasteiger charge is -2.29. The summed E-state index contributed by atoms with van der Waals surface area (Å²) >= 11 is 0. The van der Waals surface area contributed by atoms with Crippen molar-refractivity contribution in [1.29, 1.82) is 0 Å². The number of hydrogen-bond donors (Lipinski definition) is 0. The van der Waals surface area contributed by atoms with Crippen LogP contribution in [0, 0.1) is 11.8 Å². The Hall–Kier alpha value is -2.48. The van der Waals surface area contributed by atoms with E-state index >= 15 is 0 Å². The van der Waals surface area contributed by atoms with Gasteiger partial charge in [-0.3, -0.25) is 0 Å². The molecule has 2 aromatic carbocycles. The Balaban J connectivity index is 1.59. The van der Waals surface area contributed by atoms with Crippen molar-refractivity contribution in [2.75, 3.05) is 0 Å². The van der Waals surface area contributed by atoms with Crippen molar-refractivity contribution < 1.29 is 0 Å². The fraction of sp³-hybridized carbons (Fsp3) is 0.500. The van der Waals surface area contributed by atoms with Crippen molar-refractivity contribution >= 4 is 11.9 Å². The molecule has 0 unspecified atom stereocenters. The van der Waals surface area contributed by atoms with Gasteiger partial charge in [-0.1, -0.05) is 99.7 Å². The highest BCUT2D eigenvalue weighted by molar-refractivity contribution is 6.02. The van der Waals surface area contributed by atoms with Crippen LogP contribution in [0.15, 0.2) is 77.5 Å². The standard InChI is InChI=1S/C32H44N2/c1-3-5-7-10-14-27-18-20-29(21-19-27)26-33-34-32(30-16-12-9-13-17-30)31-24-22-28(23-25-31)15-11-8-6-4-2/h3,9,12-13,16-21,26,28,31H,1,4-8,10-11,14-15,22-25H2,2H3. The van der Waals surface area contributed by atoms with Crippen LogP contribution in [0.25, 0.3) is 0 Å². The predicted octanol–water partition coefficient (Wildman–Crippen LogP) is 9.19. The molecule has 2 heteroatoms. The van der Waals surface area contributed by atoms with Crippen LogP contribution in [0.1, 0.15) is 101 Å². The van der Waals surface area contributed by atoms with E-state index in [2.05, 4.69) is 73.2 Å². The summed E-state index contributed by atoms with van der Waals surface area (Å²) in [6.07, 6.45) is 20.6. The van der Waals surface area contributed by atoms with Gasteiger partial charge in [0.25, 0.3) is 0 Å². The van der Waals surface area contributed by atoms with Gasteiger partial charge in [0.1, 0.15) is 0 Å². The molecule has 0 heterocycles. The third-order valence-electron chi connectivity index (χ3n) is 7.24. The van der Waals surface area contributed by atoms with Crippen LogP contribution in [0.3, 0.4) is 0 Å². The fourth-order valence-corrected chi connectivity index (χ4v) is 5.11. The van der Waals surface area contributed by atoms with E-state index in [1.165, 1.54) is 87.5 Å². The van der Waals surface area contributed by atoms with E-state index < -0.39 is 0 Å². The van der Waals surface area contributed by atoms with E-state index in [0.29, 0.717) is 5.92 Å². The second kappa shape index (κ2) is 15.4. The molecule has 1 aliphatic rings. The van der Waals surface area contributed by atoms with Gasteiger partial charge in [0.05, 0.1) is 11.9 Å². The molecular formula is C32H44N2. The smallest absolute Gasteiger partial charge is 0.0733 e. The largest absolute Gasteiger partial charge is 0.158 e. The first kappa shape index (κ1) is 26.1. The van der Waals surface area contributed by atoms with Crippen molar-refractivity contribution in [2.24, 2.45) is 22.0 Å². The molecule has 0 aliphatic heterocycles. The van der Waals surface area contributed by atoms with Crippen LogP contribution in [-0.4, -0.2) is 11.9 Å². The van der Waals surface area contributed by atoms with Gasteiger partial charge < -0.3 is 0 Å². The average molecular weight is 457 g/mol. The van der Waals surface area contributed by atoms with Crippen molar-refractivity contribution in [2.45, 2.75) is 90.4 Å². The van der Waals surface area contributed by atoms with Gasteiger partial charge in [-0.05, 0) is 74.0 Å². The van der Waals surface area contributed by atoms with Crippen LogP contribution >= 0.6 is 0 Å². The molecule has 34 heavy (non-hydrogen) atoms. The molecule has 0 radical (unpaired) electrons. The number of unbranched alkanes of at least 4 members (excludes halogenated alkanes) is 5. The Labute approximate surface area is 208 Å². The first-order valence-corrected chi connectivity index (χ1v) is 13.7. The van der Waals surface area contributed by atoms with Crippen molar-refractivity contribution in [3.63, 3.8) is 0 Å². The Bertz CT molecular complexity index is 871. The maximum absolute atomic E-state index is 4.79. The number of hydrogen-bond acceptors (Lipinski definition) is 2. The molecule has 0 amide bonds. The van der Waals surface area contributed by atoms with Gasteiger partial charge in [-0.15, -0.1) is 6.58 Å².